The number of hydrogen-bond donors (Lipinski definition) is 3. The van der Waals surface area contributed by atoms with E-state index in [1.54, 1.807) is 31.3 Å². The summed E-state index contributed by atoms with van der Waals surface area (Å²) in [5.41, 5.74) is 2.74. The summed E-state index contributed by atoms with van der Waals surface area (Å²) < 4.78 is 18.8. The lowest BCUT2D eigenvalue weighted by molar-refractivity contribution is 0.375. The molecule has 154 valence electrons. The molecular formula is C21H20ClFN6O. The van der Waals surface area contributed by atoms with Crippen molar-refractivity contribution >= 4 is 28.5 Å². The molecule has 0 unspecified atom stereocenters. The minimum absolute atomic E-state index is 0.245. The van der Waals surface area contributed by atoms with E-state index in [4.69, 9.17) is 16.1 Å². The highest BCUT2D eigenvalue weighted by molar-refractivity contribution is 6.30. The Morgan fingerprint density at radius 3 is 2.97 bits per heavy atom. The molecule has 0 aliphatic heterocycles. The third-order valence-electron chi connectivity index (χ3n) is 4.60. The summed E-state index contributed by atoms with van der Waals surface area (Å²) in [6, 6.07) is 12.0. The molecule has 9 heteroatoms. The number of nitrogens with one attached hydrogen (secondary N) is 3. The smallest absolute Gasteiger partial charge is 0.246 e. The van der Waals surface area contributed by atoms with Crippen LogP contribution in [0, 0.1) is 5.82 Å². The van der Waals surface area contributed by atoms with E-state index in [0.29, 0.717) is 42.2 Å². The molecule has 30 heavy (non-hydrogen) atoms. The summed E-state index contributed by atoms with van der Waals surface area (Å²) >= 11 is 6.01. The first kappa shape index (κ1) is 19.9. The number of hydrogen-bond acceptors (Lipinski definition) is 4. The van der Waals surface area contributed by atoms with Crippen LogP contribution in [0.3, 0.4) is 0 Å². The molecule has 0 fully saturated rings. The first-order valence-corrected chi connectivity index (χ1v) is 9.79. The molecule has 0 spiro atoms. The third-order valence-corrected chi connectivity index (χ3v) is 4.83. The lowest BCUT2D eigenvalue weighted by Gasteiger charge is -2.10. The van der Waals surface area contributed by atoms with Gasteiger partial charge in [-0.05, 0) is 42.3 Å². The van der Waals surface area contributed by atoms with Crippen molar-refractivity contribution in [1.82, 2.24) is 25.8 Å². The molecule has 2 heterocycles. The Morgan fingerprint density at radius 2 is 2.13 bits per heavy atom. The maximum Gasteiger partial charge on any atom is 0.246 e. The molecule has 3 N–H and O–H groups in total. The van der Waals surface area contributed by atoms with Crippen molar-refractivity contribution in [3.8, 4) is 11.4 Å². The Kier molecular flexibility index (Phi) is 5.94. The van der Waals surface area contributed by atoms with Gasteiger partial charge in [-0.2, -0.15) is 4.98 Å². The number of benzene rings is 2. The number of aromatic nitrogens is 3. The monoisotopic (exact) mass is 426 g/mol. The number of aliphatic imine (C=N–C) groups is 1. The lowest BCUT2D eigenvalue weighted by atomic mass is 10.1. The first-order valence-electron chi connectivity index (χ1n) is 9.41. The summed E-state index contributed by atoms with van der Waals surface area (Å²) in [5, 5.41) is 11.8. The molecule has 0 saturated carbocycles. The van der Waals surface area contributed by atoms with Crippen LogP contribution in [0.5, 0.6) is 0 Å². The average Bonchev–Trinajstić information content (AvgIpc) is 3.38. The van der Waals surface area contributed by atoms with Crippen LogP contribution >= 0.6 is 11.6 Å². The second-order valence-corrected chi connectivity index (χ2v) is 7.06. The summed E-state index contributed by atoms with van der Waals surface area (Å²) in [7, 11) is 1.68. The number of H-pyrrole nitrogens is 1. The molecule has 0 radical (unpaired) electrons. The number of fused-ring (bicyclic) bond motifs is 1. The highest BCUT2D eigenvalue weighted by Gasteiger charge is 2.10. The maximum absolute atomic E-state index is 13.5. The second-order valence-electron chi connectivity index (χ2n) is 6.63. The van der Waals surface area contributed by atoms with Crippen molar-refractivity contribution < 1.29 is 8.91 Å². The zero-order chi connectivity index (χ0) is 20.9. The van der Waals surface area contributed by atoms with Gasteiger partial charge >= 0.3 is 0 Å². The molecule has 0 atom stereocenters. The first-order chi connectivity index (χ1) is 14.6. The number of nitrogens with zero attached hydrogens (tertiary/aromatic N) is 3. The maximum atomic E-state index is 13.5. The average molecular weight is 427 g/mol. The van der Waals surface area contributed by atoms with Gasteiger partial charge in [0.05, 0.1) is 6.54 Å². The van der Waals surface area contributed by atoms with Gasteiger partial charge in [0, 0.05) is 41.3 Å². The molecule has 2 aromatic heterocycles. The van der Waals surface area contributed by atoms with E-state index in [2.05, 4.69) is 30.8 Å². The van der Waals surface area contributed by atoms with E-state index in [1.807, 2.05) is 18.3 Å². The number of rotatable bonds is 6. The van der Waals surface area contributed by atoms with Gasteiger partial charge < -0.3 is 20.1 Å². The Hall–Kier alpha value is -3.39. The Labute approximate surface area is 177 Å². The minimum Gasteiger partial charge on any atom is -0.361 e. The van der Waals surface area contributed by atoms with E-state index in [-0.39, 0.29) is 5.82 Å². The zero-order valence-electron chi connectivity index (χ0n) is 16.2. The highest BCUT2D eigenvalue weighted by Crippen LogP contribution is 2.20. The topological polar surface area (TPSA) is 91.1 Å². The van der Waals surface area contributed by atoms with Crippen molar-refractivity contribution in [3.63, 3.8) is 0 Å². The predicted molar refractivity (Wildman–Crippen MR) is 115 cm³/mol. The standard InChI is InChI=1S/C21H20ClFN6O/c1-24-21(25-8-7-14-11-26-18-6-5-16(23)10-17(14)18)27-12-19-28-20(29-30-19)13-3-2-4-15(22)9-13/h2-6,9-11,26H,7-8,12H2,1H3,(H2,24,25,27). The van der Waals surface area contributed by atoms with Crippen LogP contribution in [0.1, 0.15) is 11.5 Å². The fourth-order valence-corrected chi connectivity index (χ4v) is 3.31. The van der Waals surface area contributed by atoms with Crippen molar-refractivity contribution in [2.75, 3.05) is 13.6 Å². The quantitative estimate of drug-likeness (QED) is 0.321. The van der Waals surface area contributed by atoms with Gasteiger partial charge in [0.15, 0.2) is 5.96 Å². The number of aromatic amines is 1. The van der Waals surface area contributed by atoms with E-state index in [0.717, 1.165) is 22.0 Å². The van der Waals surface area contributed by atoms with E-state index in [1.165, 1.54) is 6.07 Å². The largest absolute Gasteiger partial charge is 0.361 e. The molecule has 7 nitrogen and oxygen atoms in total. The van der Waals surface area contributed by atoms with Crippen molar-refractivity contribution in [1.29, 1.82) is 0 Å². The van der Waals surface area contributed by atoms with Crippen LogP contribution in [0.4, 0.5) is 4.39 Å². The summed E-state index contributed by atoms with van der Waals surface area (Å²) in [5.74, 6) is 1.26. The van der Waals surface area contributed by atoms with Crippen LogP contribution in [-0.2, 0) is 13.0 Å². The van der Waals surface area contributed by atoms with Gasteiger partial charge in [-0.3, -0.25) is 4.99 Å². The highest BCUT2D eigenvalue weighted by atomic mass is 35.5. The normalized spacial score (nSPS) is 11.8. The number of guanidine groups is 1. The SMILES string of the molecule is CN=C(NCCc1c[nH]c2ccc(F)cc12)NCc1nc(-c2cccc(Cl)c2)no1. The van der Waals surface area contributed by atoms with E-state index in [9.17, 15) is 4.39 Å². The van der Waals surface area contributed by atoms with Gasteiger partial charge in [0.1, 0.15) is 5.82 Å². The fraction of sp³-hybridized carbons (Fsp3) is 0.190. The molecule has 0 bridgehead atoms. The Bertz CT molecular complexity index is 1190. The van der Waals surface area contributed by atoms with Crippen LogP contribution in [0.15, 0.2) is 58.2 Å². The third kappa shape index (κ3) is 4.60. The number of halogens is 2. The van der Waals surface area contributed by atoms with Gasteiger partial charge in [-0.1, -0.05) is 28.9 Å². The molecule has 4 aromatic rings. The summed E-state index contributed by atoms with van der Waals surface area (Å²) in [4.78, 5) is 11.7. The van der Waals surface area contributed by atoms with Crippen molar-refractivity contribution in [2.45, 2.75) is 13.0 Å². The fourth-order valence-electron chi connectivity index (χ4n) is 3.12. The van der Waals surface area contributed by atoms with Gasteiger partial charge in [0.2, 0.25) is 11.7 Å². The Morgan fingerprint density at radius 1 is 1.23 bits per heavy atom. The molecule has 0 saturated heterocycles. The minimum atomic E-state index is -0.245. The van der Waals surface area contributed by atoms with E-state index < -0.39 is 0 Å². The summed E-state index contributed by atoms with van der Waals surface area (Å²) in [6.45, 7) is 0.951. The molecule has 4 rings (SSSR count). The molecule has 2 aromatic carbocycles. The summed E-state index contributed by atoms with van der Waals surface area (Å²) in [6.07, 6.45) is 2.61. The molecular weight excluding hydrogens is 407 g/mol. The molecule has 0 amide bonds. The van der Waals surface area contributed by atoms with Crippen molar-refractivity contribution in [2.24, 2.45) is 4.99 Å². The predicted octanol–water partition coefficient (Wildman–Crippen LogP) is 3.92. The second kappa shape index (κ2) is 8.96. The van der Waals surface area contributed by atoms with E-state index >= 15 is 0 Å². The van der Waals surface area contributed by atoms with Crippen molar-refractivity contribution in [3.05, 3.63) is 71.0 Å². The molecule has 0 aliphatic rings. The lowest BCUT2D eigenvalue weighted by Crippen LogP contribution is -2.37. The zero-order valence-corrected chi connectivity index (χ0v) is 17.0. The van der Waals surface area contributed by atoms with Gasteiger partial charge in [-0.15, -0.1) is 0 Å². The van der Waals surface area contributed by atoms with Crippen LogP contribution in [0.2, 0.25) is 5.02 Å². The van der Waals surface area contributed by atoms with Gasteiger partial charge in [0.25, 0.3) is 0 Å². The molecule has 0 aliphatic carbocycles. The van der Waals surface area contributed by atoms with Gasteiger partial charge in [-0.25, -0.2) is 4.39 Å². The van der Waals surface area contributed by atoms with Crippen LogP contribution < -0.4 is 10.6 Å². The van der Waals surface area contributed by atoms with Crippen LogP contribution in [0.25, 0.3) is 22.3 Å². The van der Waals surface area contributed by atoms with Crippen LogP contribution in [-0.4, -0.2) is 34.7 Å². The Balaban J connectivity index is 1.30.